The van der Waals surface area contributed by atoms with E-state index in [0.29, 0.717) is 11.5 Å². The van der Waals surface area contributed by atoms with Crippen molar-refractivity contribution in [3.8, 4) is 5.75 Å². The zero-order valence-electron chi connectivity index (χ0n) is 10.2. The minimum Gasteiger partial charge on any atom is -0.406 e. The summed E-state index contributed by atoms with van der Waals surface area (Å²) in [6.45, 7) is 1.63. The van der Waals surface area contributed by atoms with E-state index < -0.39 is 12.3 Å². The lowest BCUT2D eigenvalue weighted by Crippen LogP contribution is -2.17. The number of rotatable bonds is 3. The lowest BCUT2D eigenvalue weighted by Gasteiger charge is -2.09. The highest BCUT2D eigenvalue weighted by molar-refractivity contribution is 6.01. The molecule has 1 aromatic carbocycles. The van der Waals surface area contributed by atoms with E-state index in [9.17, 15) is 18.0 Å². The van der Waals surface area contributed by atoms with E-state index in [-0.39, 0.29) is 11.6 Å². The number of benzene rings is 1. The maximum absolute atomic E-state index is 12.0. The van der Waals surface area contributed by atoms with Gasteiger partial charge in [-0.05, 0) is 31.2 Å². The molecule has 1 aromatic heterocycles. The summed E-state index contributed by atoms with van der Waals surface area (Å²) >= 11 is 0. The van der Waals surface area contributed by atoms with Gasteiger partial charge in [0.05, 0.1) is 0 Å². The Morgan fingerprint density at radius 1 is 1.30 bits per heavy atom. The second-order valence-corrected chi connectivity index (χ2v) is 3.77. The van der Waals surface area contributed by atoms with Crippen molar-refractivity contribution in [2.45, 2.75) is 13.3 Å². The predicted octanol–water partition coefficient (Wildman–Crippen LogP) is 2.26. The molecule has 20 heavy (non-hydrogen) atoms. The Morgan fingerprint density at radius 2 is 1.95 bits per heavy atom. The number of aromatic nitrogens is 3. The molecular formula is C11H9F3N4O2. The summed E-state index contributed by atoms with van der Waals surface area (Å²) < 4.78 is 39.6. The van der Waals surface area contributed by atoms with Crippen molar-refractivity contribution >= 4 is 11.6 Å². The number of halogens is 3. The van der Waals surface area contributed by atoms with Crippen molar-refractivity contribution in [1.82, 2.24) is 15.2 Å². The molecule has 0 aliphatic carbocycles. The molecule has 0 saturated carbocycles. The van der Waals surface area contributed by atoms with E-state index in [1.165, 1.54) is 12.1 Å². The van der Waals surface area contributed by atoms with Crippen LogP contribution in [0.25, 0.3) is 0 Å². The number of ether oxygens (including phenoxy) is 1. The van der Waals surface area contributed by atoms with Gasteiger partial charge in [0.15, 0.2) is 0 Å². The molecule has 0 aliphatic rings. The Labute approximate surface area is 111 Å². The van der Waals surface area contributed by atoms with Crippen LogP contribution in [-0.2, 0) is 0 Å². The van der Waals surface area contributed by atoms with Crippen molar-refractivity contribution in [3.05, 3.63) is 35.9 Å². The molecule has 0 unspecified atom stereocenters. The molecule has 0 aliphatic heterocycles. The van der Waals surface area contributed by atoms with Gasteiger partial charge in [0.2, 0.25) is 5.82 Å². The maximum Gasteiger partial charge on any atom is 0.573 e. The number of anilines is 1. The first-order valence-electron chi connectivity index (χ1n) is 5.40. The van der Waals surface area contributed by atoms with Crippen LogP contribution in [0.3, 0.4) is 0 Å². The van der Waals surface area contributed by atoms with E-state index >= 15 is 0 Å². The van der Waals surface area contributed by atoms with Crippen LogP contribution in [0.5, 0.6) is 5.75 Å². The van der Waals surface area contributed by atoms with Crippen molar-refractivity contribution in [2.24, 2.45) is 0 Å². The van der Waals surface area contributed by atoms with E-state index in [1.54, 1.807) is 6.92 Å². The van der Waals surface area contributed by atoms with Gasteiger partial charge in [-0.3, -0.25) is 9.89 Å². The van der Waals surface area contributed by atoms with Crippen LogP contribution in [-0.4, -0.2) is 27.5 Å². The third-order valence-corrected chi connectivity index (χ3v) is 2.15. The molecule has 0 spiro atoms. The number of H-pyrrole nitrogens is 1. The molecule has 0 atom stereocenters. The SMILES string of the molecule is Cc1nc(C(=O)Nc2ccc(OC(F)(F)F)cc2)n[nH]1. The van der Waals surface area contributed by atoms with Crippen molar-refractivity contribution in [2.75, 3.05) is 5.32 Å². The number of hydrogen-bond donors (Lipinski definition) is 2. The van der Waals surface area contributed by atoms with Crippen LogP contribution in [0.1, 0.15) is 16.4 Å². The Hall–Kier alpha value is -2.58. The molecule has 0 fully saturated rings. The fourth-order valence-electron chi connectivity index (χ4n) is 1.37. The molecule has 2 aromatic rings. The number of nitrogens with zero attached hydrogens (tertiary/aromatic N) is 2. The zero-order chi connectivity index (χ0) is 14.8. The molecule has 2 N–H and O–H groups in total. The molecule has 0 saturated heterocycles. The van der Waals surface area contributed by atoms with Crippen molar-refractivity contribution in [1.29, 1.82) is 0 Å². The highest BCUT2D eigenvalue weighted by Gasteiger charge is 2.30. The first-order valence-corrected chi connectivity index (χ1v) is 5.40. The summed E-state index contributed by atoms with van der Waals surface area (Å²) in [4.78, 5) is 15.5. The second-order valence-electron chi connectivity index (χ2n) is 3.77. The monoisotopic (exact) mass is 286 g/mol. The van der Waals surface area contributed by atoms with E-state index in [0.717, 1.165) is 12.1 Å². The molecule has 2 rings (SSSR count). The zero-order valence-corrected chi connectivity index (χ0v) is 10.2. The smallest absolute Gasteiger partial charge is 0.406 e. The third kappa shape index (κ3) is 3.70. The van der Waals surface area contributed by atoms with Crippen LogP contribution >= 0.6 is 0 Å². The van der Waals surface area contributed by atoms with E-state index in [4.69, 9.17) is 0 Å². The number of amides is 1. The maximum atomic E-state index is 12.0. The molecule has 9 heteroatoms. The van der Waals surface area contributed by atoms with Crippen molar-refractivity contribution < 1.29 is 22.7 Å². The fourth-order valence-corrected chi connectivity index (χ4v) is 1.37. The highest BCUT2D eigenvalue weighted by atomic mass is 19.4. The minimum atomic E-state index is -4.75. The van der Waals surface area contributed by atoms with Crippen LogP contribution in [0.15, 0.2) is 24.3 Å². The fraction of sp³-hybridized carbons (Fsp3) is 0.182. The van der Waals surface area contributed by atoms with Gasteiger partial charge in [0, 0.05) is 5.69 Å². The topological polar surface area (TPSA) is 79.9 Å². The molecule has 1 amide bonds. The summed E-state index contributed by atoms with van der Waals surface area (Å²) in [5.41, 5.74) is 0.298. The molecular weight excluding hydrogens is 277 g/mol. The van der Waals surface area contributed by atoms with Crippen LogP contribution in [0, 0.1) is 6.92 Å². The van der Waals surface area contributed by atoms with Gasteiger partial charge in [-0.1, -0.05) is 0 Å². The molecule has 106 valence electrons. The lowest BCUT2D eigenvalue weighted by molar-refractivity contribution is -0.274. The van der Waals surface area contributed by atoms with Crippen LogP contribution in [0.2, 0.25) is 0 Å². The van der Waals surface area contributed by atoms with Gasteiger partial charge in [0.25, 0.3) is 5.91 Å². The van der Waals surface area contributed by atoms with Gasteiger partial charge in [0.1, 0.15) is 11.6 Å². The number of alkyl halides is 3. The first-order chi connectivity index (χ1) is 9.33. The van der Waals surface area contributed by atoms with Crippen LogP contribution in [0.4, 0.5) is 18.9 Å². The summed E-state index contributed by atoms with van der Waals surface area (Å²) in [5, 5.41) is 8.60. The predicted molar refractivity (Wildman–Crippen MR) is 62.2 cm³/mol. The van der Waals surface area contributed by atoms with Crippen molar-refractivity contribution in [3.63, 3.8) is 0 Å². The number of hydrogen-bond acceptors (Lipinski definition) is 4. The number of aromatic amines is 1. The van der Waals surface area contributed by atoms with E-state index in [1.807, 2.05) is 0 Å². The summed E-state index contributed by atoms with van der Waals surface area (Å²) in [6, 6.07) is 4.73. The molecule has 6 nitrogen and oxygen atoms in total. The number of carbonyl (C=O) groups excluding carboxylic acids is 1. The second kappa shape index (κ2) is 5.19. The van der Waals surface area contributed by atoms with Gasteiger partial charge >= 0.3 is 6.36 Å². The Kier molecular flexibility index (Phi) is 3.59. The Balaban J connectivity index is 2.02. The van der Waals surface area contributed by atoms with Gasteiger partial charge in [-0.2, -0.15) is 0 Å². The molecule has 0 bridgehead atoms. The lowest BCUT2D eigenvalue weighted by atomic mass is 10.3. The summed E-state index contributed by atoms with van der Waals surface area (Å²) in [5.74, 6) is -0.523. The quantitative estimate of drug-likeness (QED) is 0.907. The molecule has 0 radical (unpaired) electrons. The van der Waals surface area contributed by atoms with E-state index in [2.05, 4.69) is 25.2 Å². The van der Waals surface area contributed by atoms with Gasteiger partial charge < -0.3 is 10.1 Å². The number of nitrogens with one attached hydrogen (secondary N) is 2. The summed E-state index contributed by atoms with van der Waals surface area (Å²) in [7, 11) is 0. The average Bonchev–Trinajstić information content (AvgIpc) is 2.77. The summed E-state index contributed by atoms with van der Waals surface area (Å²) in [6.07, 6.45) is -4.75. The Morgan fingerprint density at radius 3 is 2.45 bits per heavy atom. The standard InChI is InChI=1S/C11H9F3N4O2/c1-6-15-9(18-17-6)10(19)16-7-2-4-8(5-3-7)20-11(12,13)14/h2-5H,1H3,(H,16,19)(H,15,17,18). The normalized spacial score (nSPS) is 11.2. The largest absolute Gasteiger partial charge is 0.573 e. The van der Waals surface area contributed by atoms with Gasteiger partial charge in [-0.15, -0.1) is 18.3 Å². The minimum absolute atomic E-state index is 0.0573. The highest BCUT2D eigenvalue weighted by Crippen LogP contribution is 2.23. The number of carbonyl (C=O) groups is 1. The first kappa shape index (κ1) is 13.8. The molecule has 1 heterocycles. The Bertz CT molecular complexity index is 607. The van der Waals surface area contributed by atoms with Gasteiger partial charge in [-0.25, -0.2) is 4.98 Å². The average molecular weight is 286 g/mol. The van der Waals surface area contributed by atoms with Crippen LogP contribution < -0.4 is 10.1 Å². The number of aryl methyl sites for hydroxylation is 1. The third-order valence-electron chi connectivity index (χ3n) is 2.15.